The second kappa shape index (κ2) is 8.97. The second-order valence-corrected chi connectivity index (χ2v) is 8.04. The lowest BCUT2D eigenvalue weighted by atomic mass is 10.3. The summed E-state index contributed by atoms with van der Waals surface area (Å²) in [7, 11) is -1.24. The van der Waals surface area contributed by atoms with Crippen molar-refractivity contribution in [3.05, 3.63) is 57.6 Å². The van der Waals surface area contributed by atoms with Gasteiger partial charge in [0.1, 0.15) is 17.2 Å². The van der Waals surface area contributed by atoms with Crippen LogP contribution >= 0.6 is 12.2 Å². The molecule has 0 bridgehead atoms. The Morgan fingerprint density at radius 3 is 2.42 bits per heavy atom. The topological polar surface area (TPSA) is 158 Å². The number of methoxy groups -OCH3 is 2. The van der Waals surface area contributed by atoms with Crippen molar-refractivity contribution in [1.29, 1.82) is 0 Å². The Hall–Kier alpha value is -3.71. The number of aromatic nitrogens is 2. The summed E-state index contributed by atoms with van der Waals surface area (Å²) >= 11 is 4.75. The SMILES string of the molecule is COc1ccc(S(=O)(=O)Nc2ccccc2OC)cc1N=Nc1c(O)[nH]c(=S)[nH]c1=O. The molecule has 31 heavy (non-hydrogen) atoms. The van der Waals surface area contributed by atoms with Crippen LogP contribution in [0.1, 0.15) is 0 Å². The van der Waals surface area contributed by atoms with Gasteiger partial charge in [0.2, 0.25) is 11.6 Å². The van der Waals surface area contributed by atoms with Gasteiger partial charge < -0.3 is 19.6 Å². The fourth-order valence-electron chi connectivity index (χ4n) is 2.51. The van der Waals surface area contributed by atoms with Crippen molar-refractivity contribution < 1.29 is 23.0 Å². The number of anilines is 1. The average molecular weight is 463 g/mol. The molecule has 162 valence electrons. The number of sulfonamides is 1. The van der Waals surface area contributed by atoms with Crippen LogP contribution < -0.4 is 19.8 Å². The number of hydrogen-bond acceptors (Lipinski definition) is 9. The minimum Gasteiger partial charge on any atom is -0.495 e. The van der Waals surface area contributed by atoms with Crippen LogP contribution in [0.4, 0.5) is 17.1 Å². The van der Waals surface area contributed by atoms with Crippen molar-refractivity contribution in [2.45, 2.75) is 4.90 Å². The molecule has 4 N–H and O–H groups in total. The number of aromatic hydroxyl groups is 1. The molecule has 0 radical (unpaired) electrons. The minimum atomic E-state index is -4.02. The van der Waals surface area contributed by atoms with Gasteiger partial charge in [0.05, 0.1) is 24.8 Å². The molecule has 0 saturated carbocycles. The van der Waals surface area contributed by atoms with Gasteiger partial charge in [0.15, 0.2) is 4.77 Å². The lowest BCUT2D eigenvalue weighted by Crippen LogP contribution is -2.13. The zero-order chi connectivity index (χ0) is 22.6. The molecule has 0 atom stereocenters. The van der Waals surface area contributed by atoms with Crippen molar-refractivity contribution in [2.75, 3.05) is 18.9 Å². The van der Waals surface area contributed by atoms with E-state index in [1.54, 1.807) is 24.3 Å². The Morgan fingerprint density at radius 2 is 1.74 bits per heavy atom. The predicted molar refractivity (Wildman–Crippen MR) is 115 cm³/mol. The monoisotopic (exact) mass is 463 g/mol. The van der Waals surface area contributed by atoms with Crippen LogP contribution in [-0.4, -0.2) is 37.7 Å². The molecule has 0 aliphatic rings. The number of nitrogens with zero attached hydrogens (tertiary/aromatic N) is 2. The molecule has 1 aromatic heterocycles. The third-order valence-corrected chi connectivity index (χ3v) is 5.54. The van der Waals surface area contributed by atoms with Gasteiger partial charge in [0.25, 0.3) is 15.6 Å². The van der Waals surface area contributed by atoms with E-state index in [0.717, 1.165) is 0 Å². The maximum Gasteiger partial charge on any atom is 0.283 e. The van der Waals surface area contributed by atoms with Crippen LogP contribution in [-0.2, 0) is 10.0 Å². The van der Waals surface area contributed by atoms with Crippen molar-refractivity contribution in [3.8, 4) is 17.4 Å². The molecule has 0 fully saturated rings. The molecular weight excluding hydrogens is 446 g/mol. The summed E-state index contributed by atoms with van der Waals surface area (Å²) in [5.41, 5.74) is -0.951. The number of rotatable bonds is 7. The maximum absolute atomic E-state index is 12.9. The molecule has 0 spiro atoms. The lowest BCUT2D eigenvalue weighted by Gasteiger charge is -2.12. The van der Waals surface area contributed by atoms with Gasteiger partial charge in [-0.1, -0.05) is 12.1 Å². The summed E-state index contributed by atoms with van der Waals surface area (Å²) in [6, 6.07) is 10.4. The van der Waals surface area contributed by atoms with E-state index in [2.05, 4.69) is 24.9 Å². The highest BCUT2D eigenvalue weighted by Gasteiger charge is 2.19. The fourth-order valence-corrected chi connectivity index (χ4v) is 3.79. The Bertz CT molecular complexity index is 1360. The smallest absolute Gasteiger partial charge is 0.283 e. The molecular formula is C18H17N5O6S2. The van der Waals surface area contributed by atoms with Gasteiger partial charge in [-0.05, 0) is 42.5 Å². The van der Waals surface area contributed by atoms with E-state index in [0.29, 0.717) is 5.75 Å². The Morgan fingerprint density at radius 1 is 1.03 bits per heavy atom. The molecule has 0 aliphatic carbocycles. The number of benzene rings is 2. The van der Waals surface area contributed by atoms with Gasteiger partial charge >= 0.3 is 0 Å². The lowest BCUT2D eigenvalue weighted by molar-refractivity contribution is 0.415. The van der Waals surface area contributed by atoms with Gasteiger partial charge in [-0.2, -0.15) is 0 Å². The van der Waals surface area contributed by atoms with Gasteiger partial charge in [0, 0.05) is 0 Å². The number of hydrogen-bond donors (Lipinski definition) is 4. The van der Waals surface area contributed by atoms with Crippen LogP contribution in [0.3, 0.4) is 0 Å². The van der Waals surface area contributed by atoms with E-state index in [1.165, 1.54) is 32.4 Å². The highest BCUT2D eigenvalue weighted by atomic mass is 32.2. The first-order chi connectivity index (χ1) is 14.7. The normalized spacial score (nSPS) is 11.4. The van der Waals surface area contributed by atoms with Crippen LogP contribution in [0.5, 0.6) is 17.4 Å². The Kier molecular flexibility index (Phi) is 6.36. The fraction of sp³-hybridized carbons (Fsp3) is 0.111. The van der Waals surface area contributed by atoms with Crippen molar-refractivity contribution in [2.24, 2.45) is 10.2 Å². The largest absolute Gasteiger partial charge is 0.495 e. The molecule has 13 heteroatoms. The average Bonchev–Trinajstić information content (AvgIpc) is 2.73. The zero-order valence-electron chi connectivity index (χ0n) is 16.2. The number of azo groups is 1. The Labute approximate surface area is 181 Å². The highest BCUT2D eigenvalue weighted by Crippen LogP contribution is 2.33. The summed E-state index contributed by atoms with van der Waals surface area (Å²) in [6.07, 6.45) is 0. The van der Waals surface area contributed by atoms with Crippen LogP contribution in [0, 0.1) is 4.77 Å². The second-order valence-electron chi connectivity index (χ2n) is 5.94. The highest BCUT2D eigenvalue weighted by molar-refractivity contribution is 7.92. The first-order valence-corrected chi connectivity index (χ1v) is 10.5. The maximum atomic E-state index is 12.9. The summed E-state index contributed by atoms with van der Waals surface area (Å²) in [6.45, 7) is 0. The summed E-state index contributed by atoms with van der Waals surface area (Å²) in [5.74, 6) is -0.0477. The number of H-pyrrole nitrogens is 2. The van der Waals surface area contributed by atoms with E-state index in [9.17, 15) is 18.3 Å². The summed E-state index contributed by atoms with van der Waals surface area (Å²) in [4.78, 5) is 16.4. The summed E-state index contributed by atoms with van der Waals surface area (Å²) in [5, 5.41) is 17.4. The zero-order valence-corrected chi connectivity index (χ0v) is 17.9. The number of aromatic amines is 2. The third-order valence-electron chi connectivity index (χ3n) is 3.97. The molecule has 3 rings (SSSR count). The molecule has 1 heterocycles. The van der Waals surface area contributed by atoms with Crippen molar-refractivity contribution in [1.82, 2.24) is 9.97 Å². The molecule has 0 saturated heterocycles. The quantitative estimate of drug-likeness (QED) is 0.309. The van der Waals surface area contributed by atoms with Crippen molar-refractivity contribution >= 4 is 39.3 Å². The Balaban J connectivity index is 2.01. The first-order valence-electron chi connectivity index (χ1n) is 8.56. The van der Waals surface area contributed by atoms with E-state index in [1.807, 2.05) is 0 Å². The first kappa shape index (κ1) is 22.0. The standard InChI is InChI=1S/C18H17N5O6S2/c1-28-13-6-4-3-5-11(13)23-31(26,27)10-7-8-14(29-2)12(9-10)21-22-15-16(24)19-18(30)20-17(15)25/h3-9,23H,1-2H3,(H3,19,20,24,25,30). The number of nitrogens with one attached hydrogen (secondary N) is 3. The van der Waals surface area contributed by atoms with Gasteiger partial charge in [-0.3, -0.25) is 14.5 Å². The van der Waals surface area contributed by atoms with Crippen molar-refractivity contribution in [3.63, 3.8) is 0 Å². The van der Waals surface area contributed by atoms with Gasteiger partial charge in [-0.25, -0.2) is 8.42 Å². The van der Waals surface area contributed by atoms with E-state index >= 15 is 0 Å². The van der Waals surface area contributed by atoms with Crippen LogP contribution in [0.2, 0.25) is 0 Å². The molecule has 11 nitrogen and oxygen atoms in total. The van der Waals surface area contributed by atoms with Crippen LogP contribution in [0.25, 0.3) is 0 Å². The third kappa shape index (κ3) is 4.90. The summed E-state index contributed by atoms with van der Waals surface area (Å²) < 4.78 is 38.4. The van der Waals surface area contributed by atoms with Crippen LogP contribution in [0.15, 0.2) is 62.4 Å². The van der Waals surface area contributed by atoms with Gasteiger partial charge in [-0.15, -0.1) is 10.2 Å². The molecule has 0 unspecified atom stereocenters. The molecule has 0 amide bonds. The molecule has 0 aliphatic heterocycles. The number of ether oxygens (including phenoxy) is 2. The minimum absolute atomic E-state index is 0.00616. The molecule has 3 aromatic rings. The number of para-hydroxylation sites is 2. The molecule has 2 aromatic carbocycles. The van der Waals surface area contributed by atoms with E-state index in [-0.39, 0.29) is 26.8 Å². The predicted octanol–water partition coefficient (Wildman–Crippen LogP) is 3.37. The van der Waals surface area contributed by atoms with E-state index in [4.69, 9.17) is 21.7 Å². The van der Waals surface area contributed by atoms with E-state index < -0.39 is 27.1 Å².